The van der Waals surface area contributed by atoms with Crippen LogP contribution < -0.4 is 10.1 Å². The number of hydrogen-bond donors (Lipinski definition) is 2. The number of rotatable bonds is 7. The molecule has 2 N–H and O–H groups in total. The zero-order chi connectivity index (χ0) is 14.3. The number of hydrogen-bond acceptors (Lipinski definition) is 3. The summed E-state index contributed by atoms with van der Waals surface area (Å²) in [7, 11) is 0. The molecule has 4 nitrogen and oxygen atoms in total. The maximum Gasteiger partial charge on any atom is 0.257 e. The van der Waals surface area contributed by atoms with Crippen LogP contribution in [0, 0.1) is 0 Å². The van der Waals surface area contributed by atoms with Gasteiger partial charge in [0, 0.05) is 11.0 Å². The summed E-state index contributed by atoms with van der Waals surface area (Å²) in [6.07, 6.45) is 0.851. The summed E-state index contributed by atoms with van der Waals surface area (Å²) >= 11 is 9.25. The van der Waals surface area contributed by atoms with E-state index in [2.05, 4.69) is 21.2 Å². The molecular formula is C13H17BrClNO3. The molecular weight excluding hydrogens is 334 g/mol. The van der Waals surface area contributed by atoms with Gasteiger partial charge in [0.1, 0.15) is 5.75 Å². The number of carbonyl (C=O) groups is 1. The number of aliphatic hydroxyl groups is 1. The zero-order valence-corrected chi connectivity index (χ0v) is 13.0. The molecule has 0 aromatic heterocycles. The zero-order valence-electron chi connectivity index (χ0n) is 10.7. The fraction of sp³-hybridized carbons (Fsp3) is 0.462. The molecule has 0 saturated heterocycles. The molecule has 0 saturated carbocycles. The highest BCUT2D eigenvalue weighted by molar-refractivity contribution is 9.10. The monoisotopic (exact) mass is 349 g/mol. The van der Waals surface area contributed by atoms with E-state index in [-0.39, 0.29) is 18.6 Å². The fourth-order valence-corrected chi connectivity index (χ4v) is 2.10. The van der Waals surface area contributed by atoms with Crippen molar-refractivity contribution in [2.45, 2.75) is 25.9 Å². The fourth-order valence-electron chi connectivity index (χ4n) is 1.37. The average molecular weight is 351 g/mol. The summed E-state index contributed by atoms with van der Waals surface area (Å²) in [6, 6.07) is 5.18. The van der Waals surface area contributed by atoms with Crippen molar-refractivity contribution >= 4 is 33.4 Å². The number of amides is 1. The van der Waals surface area contributed by atoms with E-state index in [0.29, 0.717) is 30.2 Å². The van der Waals surface area contributed by atoms with Crippen molar-refractivity contribution in [1.82, 2.24) is 5.32 Å². The number of nitrogens with one attached hydrogen (secondary N) is 1. The van der Waals surface area contributed by atoms with Gasteiger partial charge in [0.05, 0.1) is 11.1 Å². The molecule has 1 aromatic carbocycles. The van der Waals surface area contributed by atoms with Crippen LogP contribution in [0.15, 0.2) is 22.7 Å². The van der Waals surface area contributed by atoms with Crippen molar-refractivity contribution in [2.75, 3.05) is 13.2 Å². The van der Waals surface area contributed by atoms with Gasteiger partial charge in [-0.15, -0.1) is 0 Å². The van der Waals surface area contributed by atoms with Crippen LogP contribution in [0.2, 0.25) is 5.02 Å². The minimum atomic E-state index is -0.373. The highest BCUT2D eigenvalue weighted by Gasteiger charge is 2.07. The Balaban J connectivity index is 2.30. The van der Waals surface area contributed by atoms with E-state index in [0.717, 1.165) is 4.47 Å². The normalized spacial score (nSPS) is 12.0. The van der Waals surface area contributed by atoms with E-state index in [1.165, 1.54) is 0 Å². The van der Waals surface area contributed by atoms with E-state index < -0.39 is 0 Å². The maximum absolute atomic E-state index is 11.5. The van der Waals surface area contributed by atoms with Crippen molar-refractivity contribution in [3.05, 3.63) is 27.7 Å². The van der Waals surface area contributed by atoms with Crippen molar-refractivity contribution in [1.29, 1.82) is 0 Å². The summed E-state index contributed by atoms with van der Waals surface area (Å²) < 4.78 is 6.16. The van der Waals surface area contributed by atoms with Gasteiger partial charge >= 0.3 is 0 Å². The highest BCUT2D eigenvalue weighted by Crippen LogP contribution is 2.27. The van der Waals surface area contributed by atoms with Crippen LogP contribution in [0.1, 0.15) is 19.8 Å². The van der Waals surface area contributed by atoms with Crippen molar-refractivity contribution in [3.63, 3.8) is 0 Å². The third-order valence-corrected chi connectivity index (χ3v) is 3.31. The van der Waals surface area contributed by atoms with Crippen LogP contribution in [-0.4, -0.2) is 30.3 Å². The SMILES string of the molecule is CCC(O)CCNC(=O)COc1ccc(Br)cc1Cl. The van der Waals surface area contributed by atoms with E-state index in [1.807, 2.05) is 6.92 Å². The molecule has 6 heteroatoms. The number of benzene rings is 1. The van der Waals surface area contributed by atoms with Crippen LogP contribution in [0.25, 0.3) is 0 Å². The van der Waals surface area contributed by atoms with Crippen LogP contribution in [-0.2, 0) is 4.79 Å². The molecule has 0 heterocycles. The van der Waals surface area contributed by atoms with Crippen LogP contribution in [0.3, 0.4) is 0 Å². The van der Waals surface area contributed by atoms with E-state index in [4.69, 9.17) is 16.3 Å². The molecule has 0 bridgehead atoms. The van der Waals surface area contributed by atoms with E-state index in [1.54, 1.807) is 18.2 Å². The molecule has 0 aliphatic rings. The first kappa shape index (κ1) is 16.3. The van der Waals surface area contributed by atoms with Crippen LogP contribution in [0.4, 0.5) is 0 Å². The third-order valence-electron chi connectivity index (χ3n) is 2.52. The number of aliphatic hydroxyl groups excluding tert-OH is 1. The van der Waals surface area contributed by atoms with Crippen molar-refractivity contribution < 1.29 is 14.6 Å². The molecule has 0 aliphatic carbocycles. The van der Waals surface area contributed by atoms with E-state index in [9.17, 15) is 9.90 Å². The van der Waals surface area contributed by atoms with Gasteiger partial charge in [-0.25, -0.2) is 0 Å². The number of ether oxygens (including phenoxy) is 1. The predicted octanol–water partition coefficient (Wildman–Crippen LogP) is 2.76. The van der Waals surface area contributed by atoms with Gasteiger partial charge in [0.25, 0.3) is 5.91 Å². The summed E-state index contributed by atoms with van der Waals surface area (Å²) in [5.41, 5.74) is 0. The molecule has 1 rings (SSSR count). The molecule has 1 aromatic rings. The molecule has 0 spiro atoms. The van der Waals surface area contributed by atoms with E-state index >= 15 is 0 Å². The molecule has 1 unspecified atom stereocenters. The average Bonchev–Trinajstić information content (AvgIpc) is 2.37. The Morgan fingerprint density at radius 2 is 2.32 bits per heavy atom. The van der Waals surface area contributed by atoms with Crippen LogP contribution >= 0.6 is 27.5 Å². The lowest BCUT2D eigenvalue weighted by Crippen LogP contribution is -2.31. The molecule has 1 atom stereocenters. The Hall–Kier alpha value is -0.780. The van der Waals surface area contributed by atoms with Crippen LogP contribution in [0.5, 0.6) is 5.75 Å². The van der Waals surface area contributed by atoms with Gasteiger partial charge in [-0.2, -0.15) is 0 Å². The van der Waals surface area contributed by atoms with Gasteiger partial charge in [0.2, 0.25) is 0 Å². The highest BCUT2D eigenvalue weighted by atomic mass is 79.9. The van der Waals surface area contributed by atoms with Gasteiger partial charge < -0.3 is 15.2 Å². The topological polar surface area (TPSA) is 58.6 Å². The Morgan fingerprint density at radius 1 is 1.58 bits per heavy atom. The number of carbonyl (C=O) groups excluding carboxylic acids is 1. The predicted molar refractivity (Wildman–Crippen MR) is 78.6 cm³/mol. The largest absolute Gasteiger partial charge is 0.482 e. The van der Waals surface area contributed by atoms with Gasteiger partial charge in [-0.1, -0.05) is 34.5 Å². The summed E-state index contributed by atoms with van der Waals surface area (Å²) in [5, 5.41) is 12.5. The smallest absolute Gasteiger partial charge is 0.257 e. The lowest BCUT2D eigenvalue weighted by molar-refractivity contribution is -0.123. The standard InChI is InChI=1S/C13H17BrClNO3/c1-2-10(17)5-6-16-13(18)8-19-12-4-3-9(14)7-11(12)15/h3-4,7,10,17H,2,5-6,8H2,1H3,(H,16,18). The second-order valence-corrected chi connectivity index (χ2v) is 5.39. The Bertz CT molecular complexity index is 428. The van der Waals surface area contributed by atoms with Gasteiger partial charge in [-0.05, 0) is 31.0 Å². The third kappa shape index (κ3) is 6.27. The summed E-state index contributed by atoms with van der Waals surface area (Å²) in [6.45, 7) is 2.24. The second-order valence-electron chi connectivity index (χ2n) is 4.06. The minimum Gasteiger partial charge on any atom is -0.482 e. The number of halogens is 2. The van der Waals surface area contributed by atoms with Gasteiger partial charge in [-0.3, -0.25) is 4.79 Å². The first-order chi connectivity index (χ1) is 9.02. The first-order valence-electron chi connectivity index (χ1n) is 6.05. The lowest BCUT2D eigenvalue weighted by Gasteiger charge is -2.10. The molecule has 106 valence electrons. The van der Waals surface area contributed by atoms with Crippen molar-refractivity contribution in [3.8, 4) is 5.75 Å². The summed E-state index contributed by atoms with van der Waals surface area (Å²) in [5.74, 6) is 0.232. The molecule has 0 fully saturated rings. The molecule has 0 aliphatic heterocycles. The summed E-state index contributed by atoms with van der Waals surface area (Å²) in [4.78, 5) is 11.5. The maximum atomic E-state index is 11.5. The first-order valence-corrected chi connectivity index (χ1v) is 7.22. The van der Waals surface area contributed by atoms with Gasteiger partial charge in [0.15, 0.2) is 6.61 Å². The molecule has 0 radical (unpaired) electrons. The molecule has 19 heavy (non-hydrogen) atoms. The lowest BCUT2D eigenvalue weighted by atomic mass is 10.2. The Morgan fingerprint density at radius 3 is 2.95 bits per heavy atom. The minimum absolute atomic E-state index is 0.0937. The Labute approximate surface area is 126 Å². The molecule has 1 amide bonds. The quantitative estimate of drug-likeness (QED) is 0.795. The second kappa shape index (κ2) is 8.40. The Kier molecular flexibility index (Phi) is 7.20. The van der Waals surface area contributed by atoms with Crippen molar-refractivity contribution in [2.24, 2.45) is 0 Å².